The summed E-state index contributed by atoms with van der Waals surface area (Å²) >= 11 is 0. The van der Waals surface area contributed by atoms with E-state index >= 15 is 0 Å². The van der Waals surface area contributed by atoms with E-state index in [1.54, 1.807) is 22.8 Å². The summed E-state index contributed by atoms with van der Waals surface area (Å²) in [5, 5.41) is 9.53. The molecular weight excluding hydrogens is 352 g/mol. The maximum absolute atomic E-state index is 13.3. The highest BCUT2D eigenvalue weighted by atomic mass is 16.2. The molecule has 0 atom stereocenters. The number of hydrogen-bond donors (Lipinski definition) is 0. The molecule has 142 valence electrons. The van der Waals surface area contributed by atoms with Crippen LogP contribution in [-0.4, -0.2) is 42.4 Å². The lowest BCUT2D eigenvalue weighted by Crippen LogP contribution is -2.27. The van der Waals surface area contributed by atoms with Crippen LogP contribution in [0.4, 0.5) is 0 Å². The van der Waals surface area contributed by atoms with Gasteiger partial charge in [0.25, 0.3) is 5.91 Å². The summed E-state index contributed by atoms with van der Waals surface area (Å²) in [6.07, 6.45) is 5.58. The van der Waals surface area contributed by atoms with Crippen molar-refractivity contribution in [2.24, 2.45) is 7.05 Å². The Kier molecular flexibility index (Phi) is 4.65. The molecule has 3 aromatic heterocycles. The van der Waals surface area contributed by atoms with Gasteiger partial charge in [-0.2, -0.15) is 10.2 Å². The number of aryl methyl sites for hydroxylation is 2. The molecule has 1 amide bonds. The van der Waals surface area contributed by atoms with Crippen molar-refractivity contribution in [1.29, 1.82) is 0 Å². The standard InChI is InChI=1S/C21H22N6O/c1-4-27-10-9-16(24-27)14-25(2)21(28)18-11-20(15-12-22-26(3)13-15)23-19-8-6-5-7-17(18)19/h5-13H,4,14H2,1-3H3. The molecule has 7 heteroatoms. The van der Waals surface area contributed by atoms with Crippen molar-refractivity contribution in [1.82, 2.24) is 29.4 Å². The molecule has 0 bridgehead atoms. The fourth-order valence-electron chi connectivity index (χ4n) is 3.24. The molecule has 0 fully saturated rings. The van der Waals surface area contributed by atoms with Crippen LogP contribution in [-0.2, 0) is 20.1 Å². The van der Waals surface area contributed by atoms with Crippen LogP contribution in [0.5, 0.6) is 0 Å². The zero-order chi connectivity index (χ0) is 19.7. The van der Waals surface area contributed by atoms with Crippen LogP contribution >= 0.6 is 0 Å². The lowest BCUT2D eigenvalue weighted by molar-refractivity contribution is 0.0785. The minimum absolute atomic E-state index is 0.0604. The second-order valence-electron chi connectivity index (χ2n) is 6.80. The number of para-hydroxylation sites is 1. The summed E-state index contributed by atoms with van der Waals surface area (Å²) in [7, 11) is 3.66. The van der Waals surface area contributed by atoms with Gasteiger partial charge in [-0.05, 0) is 25.1 Å². The predicted molar refractivity (Wildman–Crippen MR) is 108 cm³/mol. The molecule has 0 aliphatic rings. The van der Waals surface area contributed by atoms with Crippen LogP contribution in [0, 0.1) is 0 Å². The van der Waals surface area contributed by atoms with E-state index in [0.29, 0.717) is 12.1 Å². The van der Waals surface area contributed by atoms with E-state index in [-0.39, 0.29) is 5.91 Å². The number of fused-ring (bicyclic) bond motifs is 1. The normalized spacial score (nSPS) is 11.1. The van der Waals surface area contributed by atoms with Crippen molar-refractivity contribution >= 4 is 16.8 Å². The Bertz CT molecular complexity index is 1140. The van der Waals surface area contributed by atoms with E-state index in [4.69, 9.17) is 4.98 Å². The zero-order valence-electron chi connectivity index (χ0n) is 16.2. The number of rotatable bonds is 5. The van der Waals surface area contributed by atoms with Gasteiger partial charge in [-0.1, -0.05) is 18.2 Å². The van der Waals surface area contributed by atoms with Gasteiger partial charge in [0, 0.05) is 44.0 Å². The molecule has 0 saturated heterocycles. The van der Waals surface area contributed by atoms with E-state index in [0.717, 1.165) is 34.4 Å². The van der Waals surface area contributed by atoms with Gasteiger partial charge in [-0.15, -0.1) is 0 Å². The smallest absolute Gasteiger partial charge is 0.254 e. The van der Waals surface area contributed by atoms with Crippen molar-refractivity contribution < 1.29 is 4.79 Å². The highest BCUT2D eigenvalue weighted by Crippen LogP contribution is 2.25. The molecule has 0 saturated carbocycles. The van der Waals surface area contributed by atoms with Crippen LogP contribution in [0.1, 0.15) is 23.0 Å². The molecule has 0 unspecified atom stereocenters. The summed E-state index contributed by atoms with van der Waals surface area (Å²) in [4.78, 5) is 19.7. The Morgan fingerprint density at radius 3 is 2.75 bits per heavy atom. The average molecular weight is 374 g/mol. The zero-order valence-corrected chi connectivity index (χ0v) is 16.2. The third kappa shape index (κ3) is 3.38. The minimum Gasteiger partial charge on any atom is -0.336 e. The van der Waals surface area contributed by atoms with Gasteiger partial charge in [-0.3, -0.25) is 14.2 Å². The van der Waals surface area contributed by atoms with Crippen LogP contribution in [0.25, 0.3) is 22.2 Å². The molecule has 3 heterocycles. The maximum Gasteiger partial charge on any atom is 0.254 e. The average Bonchev–Trinajstić information content (AvgIpc) is 3.35. The van der Waals surface area contributed by atoms with Gasteiger partial charge < -0.3 is 4.90 Å². The summed E-state index contributed by atoms with van der Waals surface area (Å²) in [5.74, 6) is -0.0604. The number of aromatic nitrogens is 5. The molecule has 28 heavy (non-hydrogen) atoms. The molecule has 1 aromatic carbocycles. The molecular formula is C21H22N6O. The number of carbonyl (C=O) groups is 1. The highest BCUT2D eigenvalue weighted by molar-refractivity contribution is 6.07. The molecule has 0 N–H and O–H groups in total. The van der Waals surface area contributed by atoms with Crippen LogP contribution in [0.2, 0.25) is 0 Å². The number of carbonyl (C=O) groups excluding carboxylic acids is 1. The van der Waals surface area contributed by atoms with Gasteiger partial charge in [0.15, 0.2) is 0 Å². The molecule has 4 aromatic rings. The molecule has 0 spiro atoms. The Hall–Kier alpha value is -3.48. The van der Waals surface area contributed by atoms with Gasteiger partial charge in [0.2, 0.25) is 0 Å². The van der Waals surface area contributed by atoms with Crippen molar-refractivity contribution in [2.75, 3.05) is 7.05 Å². The Balaban J connectivity index is 1.72. The van der Waals surface area contributed by atoms with E-state index in [2.05, 4.69) is 10.2 Å². The molecule has 7 nitrogen and oxygen atoms in total. The van der Waals surface area contributed by atoms with Crippen molar-refractivity contribution in [3.05, 3.63) is 66.2 Å². The maximum atomic E-state index is 13.3. The number of amides is 1. The second-order valence-corrected chi connectivity index (χ2v) is 6.80. The Morgan fingerprint density at radius 2 is 2.04 bits per heavy atom. The van der Waals surface area contributed by atoms with Crippen molar-refractivity contribution in [2.45, 2.75) is 20.0 Å². The van der Waals surface area contributed by atoms with Crippen molar-refractivity contribution in [3.8, 4) is 11.3 Å². The van der Waals surface area contributed by atoms with E-state index in [9.17, 15) is 4.79 Å². The highest BCUT2D eigenvalue weighted by Gasteiger charge is 2.18. The topological polar surface area (TPSA) is 68.8 Å². The lowest BCUT2D eigenvalue weighted by Gasteiger charge is -2.18. The first-order valence-electron chi connectivity index (χ1n) is 9.21. The number of benzene rings is 1. The predicted octanol–water partition coefficient (Wildman–Crippen LogP) is 3.12. The fraction of sp³-hybridized carbons (Fsp3) is 0.238. The SMILES string of the molecule is CCn1ccc(CN(C)C(=O)c2cc(-c3cnn(C)c3)nc3ccccc23)n1. The quantitative estimate of drug-likeness (QED) is 0.538. The monoisotopic (exact) mass is 374 g/mol. The number of nitrogens with zero attached hydrogens (tertiary/aromatic N) is 6. The minimum atomic E-state index is -0.0604. The first-order chi connectivity index (χ1) is 13.5. The van der Waals surface area contributed by atoms with E-state index < -0.39 is 0 Å². The summed E-state index contributed by atoms with van der Waals surface area (Å²) < 4.78 is 3.58. The van der Waals surface area contributed by atoms with Gasteiger partial charge >= 0.3 is 0 Å². The van der Waals surface area contributed by atoms with Gasteiger partial charge in [0.05, 0.1) is 35.2 Å². The fourth-order valence-corrected chi connectivity index (χ4v) is 3.24. The molecule has 4 rings (SSSR count). The second kappa shape index (κ2) is 7.26. The third-order valence-electron chi connectivity index (χ3n) is 4.71. The first kappa shape index (κ1) is 17.9. The van der Waals surface area contributed by atoms with Gasteiger partial charge in [0.1, 0.15) is 0 Å². The molecule has 0 aliphatic heterocycles. The first-order valence-corrected chi connectivity index (χ1v) is 9.21. The Labute approximate surface area is 163 Å². The summed E-state index contributed by atoms with van der Waals surface area (Å²) in [6, 6.07) is 11.5. The summed E-state index contributed by atoms with van der Waals surface area (Å²) in [5.41, 5.74) is 3.90. The van der Waals surface area contributed by atoms with Crippen molar-refractivity contribution in [3.63, 3.8) is 0 Å². The van der Waals surface area contributed by atoms with E-state index in [1.165, 1.54) is 0 Å². The van der Waals surface area contributed by atoms with Crippen LogP contribution in [0.3, 0.4) is 0 Å². The number of hydrogen-bond acceptors (Lipinski definition) is 4. The number of pyridine rings is 1. The van der Waals surface area contributed by atoms with Gasteiger partial charge in [-0.25, -0.2) is 4.98 Å². The lowest BCUT2D eigenvalue weighted by atomic mass is 10.0. The van der Waals surface area contributed by atoms with Crippen LogP contribution < -0.4 is 0 Å². The summed E-state index contributed by atoms with van der Waals surface area (Å²) in [6.45, 7) is 3.29. The van der Waals surface area contributed by atoms with Crippen LogP contribution in [0.15, 0.2) is 55.0 Å². The molecule has 0 radical (unpaired) electrons. The molecule has 0 aliphatic carbocycles. The third-order valence-corrected chi connectivity index (χ3v) is 4.71. The van der Waals surface area contributed by atoms with E-state index in [1.807, 2.05) is 67.4 Å². The largest absolute Gasteiger partial charge is 0.336 e. The Morgan fingerprint density at radius 1 is 1.21 bits per heavy atom.